The van der Waals surface area contributed by atoms with E-state index in [2.05, 4.69) is 10.1 Å². The van der Waals surface area contributed by atoms with Gasteiger partial charge in [-0.3, -0.25) is 4.79 Å². The van der Waals surface area contributed by atoms with Crippen molar-refractivity contribution in [1.82, 2.24) is 10.1 Å². The molecule has 0 radical (unpaired) electrons. The average Bonchev–Trinajstić information content (AvgIpc) is 3.05. The smallest absolute Gasteiger partial charge is 0.234 e. The molecule has 0 amide bonds. The lowest BCUT2D eigenvalue weighted by Gasteiger charge is -2.01. The van der Waals surface area contributed by atoms with Crippen LogP contribution < -0.4 is 4.74 Å². The van der Waals surface area contributed by atoms with Crippen molar-refractivity contribution < 1.29 is 14.1 Å². The van der Waals surface area contributed by atoms with Gasteiger partial charge in [0.25, 0.3) is 0 Å². The molecule has 2 heterocycles. The molecular formula is C15H16N2O3. The molecule has 1 aromatic carbocycles. The maximum Gasteiger partial charge on any atom is 0.234 e. The Morgan fingerprint density at radius 3 is 3.10 bits per heavy atom. The number of ether oxygens (including phenoxy) is 1. The van der Waals surface area contributed by atoms with Crippen molar-refractivity contribution in [3.63, 3.8) is 0 Å². The molecule has 0 spiro atoms. The highest BCUT2D eigenvalue weighted by atomic mass is 16.5. The van der Waals surface area contributed by atoms with E-state index < -0.39 is 0 Å². The number of para-hydroxylation sites is 1. The van der Waals surface area contributed by atoms with E-state index in [1.807, 2.05) is 31.2 Å². The number of carbonyl (C=O) groups excluding carboxylic acids is 1. The topological polar surface area (TPSA) is 65.2 Å². The van der Waals surface area contributed by atoms with Crippen molar-refractivity contribution >= 4 is 5.78 Å². The minimum absolute atomic E-state index is 0.00928. The number of aromatic nitrogens is 2. The van der Waals surface area contributed by atoms with Crippen molar-refractivity contribution in [1.29, 1.82) is 0 Å². The van der Waals surface area contributed by atoms with Crippen LogP contribution in [0.3, 0.4) is 0 Å². The highest BCUT2D eigenvalue weighted by Gasteiger charge is 2.29. The van der Waals surface area contributed by atoms with E-state index in [-0.39, 0.29) is 18.1 Å². The third-order valence-electron chi connectivity index (χ3n) is 3.37. The van der Waals surface area contributed by atoms with Gasteiger partial charge in [0.15, 0.2) is 5.82 Å². The van der Waals surface area contributed by atoms with E-state index in [1.54, 1.807) is 0 Å². The predicted octanol–water partition coefficient (Wildman–Crippen LogP) is 2.51. The molecule has 2 aromatic rings. The summed E-state index contributed by atoms with van der Waals surface area (Å²) in [4.78, 5) is 15.9. The molecule has 1 aliphatic heterocycles. The Hall–Kier alpha value is -2.17. The largest absolute Gasteiger partial charge is 0.492 e. The van der Waals surface area contributed by atoms with Crippen LogP contribution in [0.4, 0.5) is 0 Å². The van der Waals surface area contributed by atoms with Crippen LogP contribution >= 0.6 is 0 Å². The summed E-state index contributed by atoms with van der Waals surface area (Å²) in [5.74, 6) is 1.97. The molecule has 0 aliphatic carbocycles. The molecule has 0 saturated heterocycles. The fourth-order valence-electron chi connectivity index (χ4n) is 2.39. The summed E-state index contributed by atoms with van der Waals surface area (Å²) in [5, 5.41) is 3.99. The number of hydrogen-bond donors (Lipinski definition) is 0. The minimum Gasteiger partial charge on any atom is -0.492 e. The first-order valence-corrected chi connectivity index (χ1v) is 6.84. The van der Waals surface area contributed by atoms with Gasteiger partial charge in [0, 0.05) is 12.0 Å². The molecule has 1 aromatic heterocycles. The number of benzene rings is 1. The maximum atomic E-state index is 11.6. The highest BCUT2D eigenvalue weighted by Crippen LogP contribution is 2.36. The third-order valence-corrected chi connectivity index (χ3v) is 3.37. The molecule has 5 nitrogen and oxygen atoms in total. The Morgan fingerprint density at radius 2 is 2.25 bits per heavy atom. The zero-order chi connectivity index (χ0) is 13.9. The lowest BCUT2D eigenvalue weighted by molar-refractivity contribution is -0.118. The second-order valence-corrected chi connectivity index (χ2v) is 4.91. The van der Waals surface area contributed by atoms with Gasteiger partial charge in [-0.1, -0.05) is 30.3 Å². The molecule has 1 aliphatic rings. The van der Waals surface area contributed by atoms with Gasteiger partial charge in [-0.15, -0.1) is 0 Å². The maximum absolute atomic E-state index is 11.6. The van der Waals surface area contributed by atoms with Crippen LogP contribution in [0.2, 0.25) is 0 Å². The summed E-state index contributed by atoms with van der Waals surface area (Å²) in [5.41, 5.74) is 1.07. The van der Waals surface area contributed by atoms with Gasteiger partial charge in [-0.25, -0.2) is 0 Å². The molecule has 0 fully saturated rings. The quantitative estimate of drug-likeness (QED) is 0.836. The summed E-state index contributed by atoms with van der Waals surface area (Å²) in [6.07, 6.45) is 1.60. The van der Waals surface area contributed by atoms with Crippen molar-refractivity contribution in [3.8, 4) is 5.75 Å². The van der Waals surface area contributed by atoms with Gasteiger partial charge in [0.2, 0.25) is 5.89 Å². The van der Waals surface area contributed by atoms with Crippen LogP contribution in [0, 0.1) is 0 Å². The van der Waals surface area contributed by atoms with Crippen LogP contribution in [0.5, 0.6) is 5.75 Å². The molecule has 1 unspecified atom stereocenters. The first kappa shape index (κ1) is 12.8. The number of Topliss-reactive ketones (excluding diaryl/α,β-unsaturated/α-hetero) is 1. The van der Waals surface area contributed by atoms with Crippen molar-refractivity contribution in [3.05, 3.63) is 41.5 Å². The summed E-state index contributed by atoms with van der Waals surface area (Å²) in [6.45, 7) is 2.49. The Balaban J connectivity index is 1.76. The average molecular weight is 272 g/mol. The number of carbonyl (C=O) groups is 1. The molecule has 5 heteroatoms. The van der Waals surface area contributed by atoms with Gasteiger partial charge in [-0.05, 0) is 12.5 Å². The molecule has 3 rings (SSSR count). The van der Waals surface area contributed by atoms with Gasteiger partial charge in [0.1, 0.15) is 18.1 Å². The van der Waals surface area contributed by atoms with Crippen molar-refractivity contribution in [2.24, 2.45) is 0 Å². The summed E-state index contributed by atoms with van der Waals surface area (Å²) >= 11 is 0. The fourth-order valence-corrected chi connectivity index (χ4v) is 2.39. The van der Waals surface area contributed by atoms with E-state index in [9.17, 15) is 4.79 Å². The molecule has 0 saturated carbocycles. The Kier molecular flexibility index (Phi) is 3.50. The lowest BCUT2D eigenvalue weighted by atomic mass is 10.0. The minimum atomic E-state index is -0.00928. The van der Waals surface area contributed by atoms with Gasteiger partial charge >= 0.3 is 0 Å². The van der Waals surface area contributed by atoms with Crippen LogP contribution in [0.15, 0.2) is 28.8 Å². The molecule has 0 N–H and O–H groups in total. The first-order chi connectivity index (χ1) is 9.78. The number of rotatable bonds is 5. The first-order valence-electron chi connectivity index (χ1n) is 6.84. The monoisotopic (exact) mass is 272 g/mol. The zero-order valence-electron chi connectivity index (χ0n) is 11.3. The van der Waals surface area contributed by atoms with E-state index >= 15 is 0 Å². The molecule has 1 atom stereocenters. The number of nitrogens with zero attached hydrogens (tertiary/aromatic N) is 2. The molecule has 104 valence electrons. The zero-order valence-corrected chi connectivity index (χ0v) is 11.3. The van der Waals surface area contributed by atoms with Gasteiger partial charge in [-0.2, -0.15) is 4.98 Å². The van der Waals surface area contributed by atoms with E-state index in [4.69, 9.17) is 9.26 Å². The summed E-state index contributed by atoms with van der Waals surface area (Å²) in [6, 6.07) is 7.84. The Labute approximate surface area is 116 Å². The number of fused-ring (bicyclic) bond motifs is 1. The highest BCUT2D eigenvalue weighted by molar-refractivity contribution is 5.79. The van der Waals surface area contributed by atoms with E-state index in [1.165, 1.54) is 0 Å². The number of ketones is 1. The van der Waals surface area contributed by atoms with Crippen LogP contribution in [-0.4, -0.2) is 22.5 Å². The summed E-state index contributed by atoms with van der Waals surface area (Å²) < 4.78 is 10.8. The predicted molar refractivity (Wildman–Crippen MR) is 71.7 cm³/mol. The van der Waals surface area contributed by atoms with Crippen LogP contribution in [0.25, 0.3) is 0 Å². The van der Waals surface area contributed by atoms with Gasteiger partial charge in [0.05, 0.1) is 12.3 Å². The van der Waals surface area contributed by atoms with Crippen LogP contribution in [0.1, 0.15) is 43.0 Å². The number of hydrogen-bond acceptors (Lipinski definition) is 5. The Morgan fingerprint density at radius 1 is 1.40 bits per heavy atom. The van der Waals surface area contributed by atoms with Crippen molar-refractivity contribution in [2.45, 2.75) is 32.1 Å². The standard InChI is InChI=1S/C15H16N2O3/c1-2-5-10(18)8-14-16-15(17-20-14)12-9-19-13-7-4-3-6-11(12)13/h3-4,6-7,12H,2,5,8-9H2,1H3. The normalized spacial score (nSPS) is 16.8. The molecular weight excluding hydrogens is 256 g/mol. The summed E-state index contributed by atoms with van der Waals surface area (Å²) in [7, 11) is 0. The third kappa shape index (κ3) is 2.43. The lowest BCUT2D eigenvalue weighted by Crippen LogP contribution is -2.06. The second kappa shape index (κ2) is 5.45. The Bertz CT molecular complexity index is 621. The SMILES string of the molecule is CCCC(=O)Cc1nc(C2COc3ccccc32)no1. The van der Waals surface area contributed by atoms with Gasteiger partial charge < -0.3 is 9.26 Å². The van der Waals surface area contributed by atoms with E-state index in [0.717, 1.165) is 17.7 Å². The fraction of sp³-hybridized carbons (Fsp3) is 0.400. The molecule has 0 bridgehead atoms. The second-order valence-electron chi connectivity index (χ2n) is 4.91. The molecule has 20 heavy (non-hydrogen) atoms. The van der Waals surface area contributed by atoms with E-state index in [0.29, 0.717) is 24.7 Å². The van der Waals surface area contributed by atoms with Crippen LogP contribution in [-0.2, 0) is 11.2 Å². The van der Waals surface area contributed by atoms with Crippen molar-refractivity contribution in [2.75, 3.05) is 6.61 Å².